The Hall–Kier alpha value is -3.02. The van der Waals surface area contributed by atoms with Gasteiger partial charge >= 0.3 is 0 Å². The first-order valence-corrected chi connectivity index (χ1v) is 9.20. The van der Waals surface area contributed by atoms with Gasteiger partial charge in [-0.3, -0.25) is 20.4 Å². The van der Waals surface area contributed by atoms with Crippen LogP contribution >= 0.6 is 0 Å². The molecule has 0 saturated heterocycles. The molecule has 2 N–H and O–H groups in total. The van der Waals surface area contributed by atoms with Crippen LogP contribution in [-0.2, 0) is 16.0 Å². The molecule has 6 heteroatoms. The van der Waals surface area contributed by atoms with Gasteiger partial charge in [0.25, 0.3) is 5.91 Å². The number of rotatable bonds is 6. The van der Waals surface area contributed by atoms with Crippen LogP contribution in [0.3, 0.4) is 0 Å². The monoisotopic (exact) mass is 368 g/mol. The number of benzene rings is 2. The minimum absolute atomic E-state index is 0.204. The van der Waals surface area contributed by atoms with E-state index in [1.54, 1.807) is 18.2 Å². The molecule has 1 aliphatic carbocycles. The SMILES string of the molecule is CCOc1ccccc1OCC(=O)NNC(=O)[C@H]1CCCc2ccccc21. The average Bonchev–Trinajstić information content (AvgIpc) is 2.71. The zero-order valence-electron chi connectivity index (χ0n) is 15.4. The second-order valence-electron chi connectivity index (χ2n) is 6.35. The first-order chi connectivity index (χ1) is 13.2. The van der Waals surface area contributed by atoms with Crippen molar-refractivity contribution in [2.45, 2.75) is 32.1 Å². The normalized spacial score (nSPS) is 15.4. The van der Waals surface area contributed by atoms with E-state index in [9.17, 15) is 9.59 Å². The highest BCUT2D eigenvalue weighted by Gasteiger charge is 2.26. The van der Waals surface area contributed by atoms with Crippen LogP contribution in [0.2, 0.25) is 0 Å². The Labute approximate surface area is 158 Å². The van der Waals surface area contributed by atoms with Crippen molar-refractivity contribution in [2.75, 3.05) is 13.2 Å². The number of carbonyl (C=O) groups excluding carboxylic acids is 2. The van der Waals surface area contributed by atoms with Crippen molar-refractivity contribution in [3.63, 3.8) is 0 Å². The van der Waals surface area contributed by atoms with Crippen LogP contribution in [0.4, 0.5) is 0 Å². The maximum Gasteiger partial charge on any atom is 0.276 e. The van der Waals surface area contributed by atoms with Gasteiger partial charge < -0.3 is 9.47 Å². The summed E-state index contributed by atoms with van der Waals surface area (Å²) in [6.07, 6.45) is 2.72. The van der Waals surface area contributed by atoms with Crippen LogP contribution in [-0.4, -0.2) is 25.0 Å². The van der Waals surface area contributed by atoms with E-state index < -0.39 is 5.91 Å². The van der Waals surface area contributed by atoms with Crippen LogP contribution < -0.4 is 20.3 Å². The van der Waals surface area contributed by atoms with E-state index in [4.69, 9.17) is 9.47 Å². The number of hydrogen-bond donors (Lipinski definition) is 2. The van der Waals surface area contributed by atoms with Crippen LogP contribution in [0, 0.1) is 0 Å². The Balaban J connectivity index is 1.51. The molecule has 0 unspecified atom stereocenters. The van der Waals surface area contributed by atoms with Crippen LogP contribution in [0.15, 0.2) is 48.5 Å². The third-order valence-electron chi connectivity index (χ3n) is 4.52. The maximum absolute atomic E-state index is 12.5. The minimum Gasteiger partial charge on any atom is -0.490 e. The van der Waals surface area contributed by atoms with Gasteiger partial charge in [-0.25, -0.2) is 0 Å². The summed E-state index contributed by atoms with van der Waals surface area (Å²) in [4.78, 5) is 24.5. The molecule has 1 aliphatic rings. The Morgan fingerprint density at radius 2 is 1.70 bits per heavy atom. The summed E-state index contributed by atoms with van der Waals surface area (Å²) in [7, 11) is 0. The van der Waals surface area contributed by atoms with E-state index in [1.165, 1.54) is 5.56 Å². The van der Waals surface area contributed by atoms with Crippen molar-refractivity contribution in [3.8, 4) is 11.5 Å². The fourth-order valence-electron chi connectivity index (χ4n) is 3.27. The van der Waals surface area contributed by atoms with Gasteiger partial charge in [-0.15, -0.1) is 0 Å². The molecule has 142 valence electrons. The summed E-state index contributed by atoms with van der Waals surface area (Å²) in [5.41, 5.74) is 7.19. The molecule has 2 amide bonds. The maximum atomic E-state index is 12.5. The molecule has 2 aromatic carbocycles. The number of amides is 2. The van der Waals surface area contributed by atoms with Gasteiger partial charge in [0.2, 0.25) is 5.91 Å². The predicted octanol–water partition coefficient (Wildman–Crippen LogP) is 2.73. The van der Waals surface area contributed by atoms with E-state index in [2.05, 4.69) is 16.9 Å². The molecule has 1 atom stereocenters. The predicted molar refractivity (Wildman–Crippen MR) is 102 cm³/mol. The quantitative estimate of drug-likeness (QED) is 0.769. The van der Waals surface area contributed by atoms with Crippen molar-refractivity contribution in [1.29, 1.82) is 0 Å². The van der Waals surface area contributed by atoms with Crippen LogP contribution in [0.5, 0.6) is 11.5 Å². The second-order valence-corrected chi connectivity index (χ2v) is 6.35. The van der Waals surface area contributed by atoms with E-state index in [0.717, 1.165) is 24.8 Å². The molecule has 0 aromatic heterocycles. The molecule has 0 saturated carbocycles. The van der Waals surface area contributed by atoms with E-state index in [-0.39, 0.29) is 18.4 Å². The lowest BCUT2D eigenvalue weighted by Gasteiger charge is -2.24. The highest BCUT2D eigenvalue weighted by atomic mass is 16.5. The second kappa shape index (κ2) is 9.07. The summed E-state index contributed by atoms with van der Waals surface area (Å²) in [6, 6.07) is 15.1. The van der Waals surface area contributed by atoms with E-state index >= 15 is 0 Å². The smallest absolute Gasteiger partial charge is 0.276 e. The van der Waals surface area contributed by atoms with Crippen molar-refractivity contribution < 1.29 is 19.1 Å². The fraction of sp³-hybridized carbons (Fsp3) is 0.333. The number of fused-ring (bicyclic) bond motifs is 1. The third-order valence-corrected chi connectivity index (χ3v) is 4.52. The molecular formula is C21H24N2O4. The topological polar surface area (TPSA) is 76.7 Å². The van der Waals surface area contributed by atoms with Gasteiger partial charge in [0.1, 0.15) is 0 Å². The van der Waals surface area contributed by atoms with E-state index in [0.29, 0.717) is 18.1 Å². The number of nitrogens with one attached hydrogen (secondary N) is 2. The fourth-order valence-corrected chi connectivity index (χ4v) is 3.27. The first kappa shape index (κ1) is 18.8. The van der Waals surface area contributed by atoms with Crippen molar-refractivity contribution >= 4 is 11.8 Å². The first-order valence-electron chi connectivity index (χ1n) is 9.20. The lowest BCUT2D eigenvalue weighted by atomic mass is 9.82. The molecule has 27 heavy (non-hydrogen) atoms. The lowest BCUT2D eigenvalue weighted by Crippen LogP contribution is -2.46. The van der Waals surface area contributed by atoms with Gasteiger partial charge in [0.15, 0.2) is 18.1 Å². The molecule has 2 aromatic rings. The summed E-state index contributed by atoms with van der Waals surface area (Å²) < 4.78 is 11.0. The summed E-state index contributed by atoms with van der Waals surface area (Å²) in [5, 5.41) is 0. The van der Waals surface area contributed by atoms with Gasteiger partial charge in [0.05, 0.1) is 12.5 Å². The molecule has 0 fully saturated rings. The minimum atomic E-state index is -0.432. The lowest BCUT2D eigenvalue weighted by molar-refractivity contribution is -0.130. The Kier molecular flexibility index (Phi) is 6.30. The van der Waals surface area contributed by atoms with Gasteiger partial charge in [-0.2, -0.15) is 0 Å². The molecule has 0 aliphatic heterocycles. The molecule has 0 bridgehead atoms. The van der Waals surface area contributed by atoms with Crippen molar-refractivity contribution in [3.05, 3.63) is 59.7 Å². The summed E-state index contributed by atoms with van der Waals surface area (Å²) in [6.45, 7) is 2.17. The molecule has 6 nitrogen and oxygen atoms in total. The summed E-state index contributed by atoms with van der Waals surface area (Å²) >= 11 is 0. The number of hydrogen-bond acceptors (Lipinski definition) is 4. The molecule has 0 heterocycles. The Morgan fingerprint density at radius 3 is 2.48 bits per heavy atom. The van der Waals surface area contributed by atoms with Gasteiger partial charge in [-0.05, 0) is 49.4 Å². The third kappa shape index (κ3) is 4.78. The number of ether oxygens (including phenoxy) is 2. The zero-order chi connectivity index (χ0) is 19.1. The molecule has 3 rings (SSSR count). The number of carbonyl (C=O) groups is 2. The largest absolute Gasteiger partial charge is 0.490 e. The van der Waals surface area contributed by atoms with Gasteiger partial charge in [-0.1, -0.05) is 36.4 Å². The van der Waals surface area contributed by atoms with Crippen molar-refractivity contribution in [1.82, 2.24) is 10.9 Å². The molecule has 0 radical (unpaired) electrons. The molecule has 0 spiro atoms. The number of para-hydroxylation sites is 2. The standard InChI is InChI=1S/C21H24N2O4/c1-2-26-18-12-5-6-13-19(18)27-14-20(24)22-23-21(25)17-11-7-9-15-8-3-4-10-16(15)17/h3-6,8,10,12-13,17H,2,7,9,11,14H2,1H3,(H,22,24)(H,23,25)/t17-/m0/s1. The van der Waals surface area contributed by atoms with Crippen molar-refractivity contribution in [2.24, 2.45) is 0 Å². The zero-order valence-corrected chi connectivity index (χ0v) is 15.4. The van der Waals surface area contributed by atoms with Gasteiger partial charge in [0, 0.05) is 0 Å². The average molecular weight is 368 g/mol. The van der Waals surface area contributed by atoms with Crippen LogP contribution in [0.1, 0.15) is 36.8 Å². The molecular weight excluding hydrogens is 344 g/mol. The highest BCUT2D eigenvalue weighted by molar-refractivity contribution is 5.87. The number of aryl methyl sites for hydroxylation is 1. The Bertz CT molecular complexity index is 806. The van der Waals surface area contributed by atoms with E-state index in [1.807, 2.05) is 31.2 Å². The number of hydrazine groups is 1. The van der Waals surface area contributed by atoms with Crippen LogP contribution in [0.25, 0.3) is 0 Å². The highest BCUT2D eigenvalue weighted by Crippen LogP contribution is 2.31. The summed E-state index contributed by atoms with van der Waals surface area (Å²) in [5.74, 6) is 0.191. The Morgan fingerprint density at radius 1 is 1.00 bits per heavy atom.